The van der Waals surface area contributed by atoms with Gasteiger partial charge in [0.15, 0.2) is 5.17 Å². The fraction of sp³-hybridized carbons (Fsp3) is 0.636. The van der Waals surface area contributed by atoms with Gasteiger partial charge in [-0.25, -0.2) is 0 Å². The molecular formula is C11H21N3OS. The van der Waals surface area contributed by atoms with Crippen LogP contribution >= 0.6 is 11.8 Å². The van der Waals surface area contributed by atoms with Gasteiger partial charge in [0, 0.05) is 6.04 Å². The first-order chi connectivity index (χ1) is 7.60. The van der Waals surface area contributed by atoms with E-state index in [-0.39, 0.29) is 23.7 Å². The molecule has 5 heteroatoms. The Morgan fingerprint density at radius 1 is 1.50 bits per heavy atom. The third kappa shape index (κ3) is 8.49. The van der Waals surface area contributed by atoms with Crippen LogP contribution in [0.1, 0.15) is 26.7 Å². The Kier molecular flexibility index (Phi) is 8.94. The van der Waals surface area contributed by atoms with Gasteiger partial charge in [-0.3, -0.25) is 10.2 Å². The minimum absolute atomic E-state index is 0.161. The molecule has 0 aliphatic heterocycles. The van der Waals surface area contributed by atoms with Gasteiger partial charge in [-0.05, 0) is 26.0 Å². The smallest absolute Gasteiger partial charge is 0.239 e. The zero-order valence-electron chi connectivity index (χ0n) is 10.2. The van der Waals surface area contributed by atoms with Crippen LogP contribution in [0.4, 0.5) is 0 Å². The zero-order chi connectivity index (χ0) is 12.4. The first kappa shape index (κ1) is 15.2. The van der Waals surface area contributed by atoms with E-state index in [1.54, 1.807) is 6.26 Å². The largest absolute Gasteiger partial charge is 0.306 e. The fourth-order valence-electron chi connectivity index (χ4n) is 1.04. The van der Waals surface area contributed by atoms with Crippen molar-refractivity contribution >= 4 is 22.8 Å². The highest BCUT2D eigenvalue weighted by Gasteiger charge is 2.05. The Bertz CT molecular complexity index is 254. The van der Waals surface area contributed by atoms with Gasteiger partial charge in [0.1, 0.15) is 0 Å². The summed E-state index contributed by atoms with van der Waals surface area (Å²) >= 11 is 1.22. The molecule has 0 heterocycles. The van der Waals surface area contributed by atoms with Crippen LogP contribution in [0.2, 0.25) is 0 Å². The predicted molar refractivity (Wildman–Crippen MR) is 70.9 cm³/mol. The third-order valence-electron chi connectivity index (χ3n) is 1.96. The molecule has 1 unspecified atom stereocenters. The molecular weight excluding hydrogens is 222 g/mol. The quantitative estimate of drug-likeness (QED) is 0.378. The van der Waals surface area contributed by atoms with E-state index in [1.165, 1.54) is 11.8 Å². The van der Waals surface area contributed by atoms with Gasteiger partial charge >= 0.3 is 0 Å². The van der Waals surface area contributed by atoms with Crippen LogP contribution in [-0.4, -0.2) is 29.9 Å². The number of carbonyl (C=O) groups is 1. The Balaban J connectivity index is 3.66. The summed E-state index contributed by atoms with van der Waals surface area (Å²) < 4.78 is 0. The van der Waals surface area contributed by atoms with Crippen molar-refractivity contribution in [2.75, 3.05) is 12.8 Å². The molecule has 0 rings (SSSR count). The number of thioether (sulfide) groups is 1. The molecule has 0 aromatic heterocycles. The molecule has 16 heavy (non-hydrogen) atoms. The number of rotatable bonds is 6. The van der Waals surface area contributed by atoms with Gasteiger partial charge in [0.05, 0.1) is 6.54 Å². The van der Waals surface area contributed by atoms with E-state index in [0.29, 0.717) is 0 Å². The molecule has 0 aromatic rings. The van der Waals surface area contributed by atoms with Gasteiger partial charge in [-0.15, -0.1) is 0 Å². The molecule has 0 saturated heterocycles. The third-order valence-corrected chi connectivity index (χ3v) is 2.47. The maximum atomic E-state index is 11.3. The molecule has 0 aromatic carbocycles. The van der Waals surface area contributed by atoms with Crippen molar-refractivity contribution in [1.82, 2.24) is 10.6 Å². The molecule has 1 amide bonds. The van der Waals surface area contributed by atoms with Gasteiger partial charge in [-0.2, -0.15) is 0 Å². The molecule has 0 radical (unpaired) electrons. The summed E-state index contributed by atoms with van der Waals surface area (Å²) in [7, 11) is 0. The number of nitrogens with one attached hydrogen (secondary N) is 3. The molecule has 0 aliphatic rings. The molecule has 92 valence electrons. The van der Waals surface area contributed by atoms with Crippen LogP contribution in [0.5, 0.6) is 0 Å². The van der Waals surface area contributed by atoms with E-state index >= 15 is 0 Å². The molecule has 4 nitrogen and oxygen atoms in total. The predicted octanol–water partition coefficient (Wildman–Crippen LogP) is 1.73. The maximum Gasteiger partial charge on any atom is 0.239 e. The Labute approximate surface area is 102 Å². The summed E-state index contributed by atoms with van der Waals surface area (Å²) in [5.41, 5.74) is 0. The Morgan fingerprint density at radius 3 is 2.75 bits per heavy atom. The van der Waals surface area contributed by atoms with Crippen LogP contribution in [0.15, 0.2) is 12.2 Å². The van der Waals surface area contributed by atoms with E-state index in [1.807, 2.05) is 6.92 Å². The van der Waals surface area contributed by atoms with E-state index in [9.17, 15) is 4.79 Å². The first-order valence-corrected chi connectivity index (χ1v) is 6.63. The standard InChI is InChI=1S/C11H21N3OS/c1-4-5-6-7-9(2)13-8-10(15)14-11(12)16-3/h5-6,9,13H,4,7-8H2,1-3H3,(H2,12,14,15)/b6-5-. The number of hydrogen-bond donors (Lipinski definition) is 3. The molecule has 0 saturated carbocycles. The molecule has 0 spiro atoms. The van der Waals surface area contributed by atoms with Crippen molar-refractivity contribution in [2.45, 2.75) is 32.7 Å². The summed E-state index contributed by atoms with van der Waals surface area (Å²) in [4.78, 5) is 11.3. The van der Waals surface area contributed by atoms with Crippen molar-refractivity contribution in [1.29, 1.82) is 5.41 Å². The van der Waals surface area contributed by atoms with E-state index < -0.39 is 0 Å². The number of carbonyl (C=O) groups excluding carboxylic acids is 1. The number of allylic oxidation sites excluding steroid dienone is 1. The van der Waals surface area contributed by atoms with Crippen molar-refractivity contribution in [3.05, 3.63) is 12.2 Å². The summed E-state index contributed by atoms with van der Waals surface area (Å²) in [5.74, 6) is -0.161. The highest BCUT2D eigenvalue weighted by molar-refractivity contribution is 8.13. The van der Waals surface area contributed by atoms with E-state index in [0.717, 1.165) is 12.8 Å². The lowest BCUT2D eigenvalue weighted by atomic mass is 10.2. The van der Waals surface area contributed by atoms with Gasteiger partial charge in [-0.1, -0.05) is 30.8 Å². The monoisotopic (exact) mass is 243 g/mol. The second-order valence-electron chi connectivity index (χ2n) is 3.48. The van der Waals surface area contributed by atoms with Crippen molar-refractivity contribution in [2.24, 2.45) is 0 Å². The van der Waals surface area contributed by atoms with Gasteiger partial charge in [0.2, 0.25) is 5.91 Å². The minimum atomic E-state index is -0.161. The molecule has 0 fully saturated rings. The molecule has 0 aliphatic carbocycles. The second-order valence-corrected chi connectivity index (χ2v) is 4.30. The summed E-state index contributed by atoms with van der Waals surface area (Å²) in [6.07, 6.45) is 7.94. The van der Waals surface area contributed by atoms with Crippen LogP contribution in [0, 0.1) is 5.41 Å². The SMILES string of the molecule is CC/C=C\CC(C)NCC(=O)NC(=N)SC. The zero-order valence-corrected chi connectivity index (χ0v) is 11.0. The van der Waals surface area contributed by atoms with Crippen molar-refractivity contribution < 1.29 is 4.79 Å². The summed E-state index contributed by atoms with van der Waals surface area (Å²) in [5, 5.41) is 13.0. The molecule has 0 bridgehead atoms. The summed E-state index contributed by atoms with van der Waals surface area (Å²) in [6.45, 7) is 4.38. The normalized spacial score (nSPS) is 12.7. The van der Waals surface area contributed by atoms with Gasteiger partial charge < -0.3 is 10.6 Å². The van der Waals surface area contributed by atoms with Crippen molar-refractivity contribution in [3.63, 3.8) is 0 Å². The number of amides is 1. The fourth-order valence-corrected chi connectivity index (χ4v) is 1.26. The summed E-state index contributed by atoms with van der Waals surface area (Å²) in [6, 6.07) is 0.275. The topological polar surface area (TPSA) is 65.0 Å². The van der Waals surface area contributed by atoms with Crippen LogP contribution in [0.3, 0.4) is 0 Å². The number of amidine groups is 1. The Morgan fingerprint density at radius 2 is 2.19 bits per heavy atom. The van der Waals surface area contributed by atoms with Crippen LogP contribution in [0.25, 0.3) is 0 Å². The average molecular weight is 243 g/mol. The molecule has 3 N–H and O–H groups in total. The van der Waals surface area contributed by atoms with Gasteiger partial charge in [0.25, 0.3) is 0 Å². The van der Waals surface area contributed by atoms with E-state index in [2.05, 4.69) is 29.7 Å². The van der Waals surface area contributed by atoms with Crippen molar-refractivity contribution in [3.8, 4) is 0 Å². The first-order valence-electron chi connectivity index (χ1n) is 5.40. The number of hydrogen-bond acceptors (Lipinski definition) is 4. The highest BCUT2D eigenvalue weighted by atomic mass is 32.2. The lowest BCUT2D eigenvalue weighted by Gasteiger charge is -2.11. The highest BCUT2D eigenvalue weighted by Crippen LogP contribution is 1.94. The lowest BCUT2D eigenvalue weighted by molar-refractivity contribution is -0.118. The lowest BCUT2D eigenvalue weighted by Crippen LogP contribution is -2.39. The minimum Gasteiger partial charge on any atom is -0.306 e. The average Bonchev–Trinajstić information content (AvgIpc) is 2.26. The second kappa shape index (κ2) is 9.42. The maximum absolute atomic E-state index is 11.3. The van der Waals surface area contributed by atoms with Crippen LogP contribution in [-0.2, 0) is 4.79 Å². The van der Waals surface area contributed by atoms with E-state index in [4.69, 9.17) is 5.41 Å². The Hall–Kier alpha value is -0.810. The van der Waals surface area contributed by atoms with Crippen LogP contribution < -0.4 is 10.6 Å². The molecule has 1 atom stereocenters.